The van der Waals surface area contributed by atoms with Crippen molar-refractivity contribution in [3.63, 3.8) is 0 Å². The maximum Gasteiger partial charge on any atom is 0.0896 e. The Kier molecular flexibility index (Phi) is 2.49. The smallest absolute Gasteiger partial charge is 0.0896 e. The molecule has 0 heterocycles. The molecule has 0 aromatic heterocycles. The molecule has 2 aromatic rings. The van der Waals surface area contributed by atoms with E-state index in [0.717, 1.165) is 24.8 Å². The first-order chi connectivity index (χ1) is 8.28. The van der Waals surface area contributed by atoms with Gasteiger partial charge in [-0.15, -0.1) is 0 Å². The van der Waals surface area contributed by atoms with Gasteiger partial charge in [0.05, 0.1) is 5.60 Å². The molecular formula is C16H16O. The molecule has 0 bridgehead atoms. The second-order valence-corrected chi connectivity index (χ2v) is 4.83. The van der Waals surface area contributed by atoms with E-state index in [-0.39, 0.29) is 0 Å². The number of rotatable bonds is 2. The molecule has 0 atom stereocenters. The zero-order valence-electron chi connectivity index (χ0n) is 9.76. The Morgan fingerprint density at radius 1 is 0.765 bits per heavy atom. The van der Waals surface area contributed by atoms with Crippen LogP contribution in [0.15, 0.2) is 54.6 Å². The van der Waals surface area contributed by atoms with E-state index < -0.39 is 5.60 Å². The van der Waals surface area contributed by atoms with E-state index in [4.69, 9.17) is 0 Å². The molecule has 0 spiro atoms. The summed E-state index contributed by atoms with van der Waals surface area (Å²) in [6.45, 7) is 0. The summed E-state index contributed by atoms with van der Waals surface area (Å²) in [5.74, 6) is 0. The van der Waals surface area contributed by atoms with Gasteiger partial charge < -0.3 is 5.11 Å². The summed E-state index contributed by atoms with van der Waals surface area (Å²) < 4.78 is 0. The lowest BCUT2D eigenvalue weighted by molar-refractivity contribution is -0.0387. The van der Waals surface area contributed by atoms with Crippen LogP contribution in [-0.2, 0) is 5.60 Å². The van der Waals surface area contributed by atoms with Crippen LogP contribution in [0.2, 0.25) is 0 Å². The van der Waals surface area contributed by atoms with Gasteiger partial charge in [-0.3, -0.25) is 0 Å². The van der Waals surface area contributed by atoms with Crippen molar-refractivity contribution in [3.8, 4) is 11.1 Å². The fourth-order valence-corrected chi connectivity index (χ4v) is 2.40. The van der Waals surface area contributed by atoms with E-state index in [2.05, 4.69) is 36.4 Å². The van der Waals surface area contributed by atoms with Gasteiger partial charge in [-0.2, -0.15) is 0 Å². The molecule has 1 N–H and O–H groups in total. The molecule has 1 aliphatic rings. The van der Waals surface area contributed by atoms with Gasteiger partial charge in [0.1, 0.15) is 0 Å². The van der Waals surface area contributed by atoms with Gasteiger partial charge in [0.25, 0.3) is 0 Å². The van der Waals surface area contributed by atoms with Gasteiger partial charge in [0, 0.05) is 0 Å². The quantitative estimate of drug-likeness (QED) is 0.824. The van der Waals surface area contributed by atoms with Crippen molar-refractivity contribution in [2.45, 2.75) is 24.9 Å². The molecule has 0 radical (unpaired) electrons. The third-order valence-corrected chi connectivity index (χ3v) is 3.71. The molecule has 0 saturated heterocycles. The minimum absolute atomic E-state index is 0.546. The normalized spacial score (nSPS) is 17.5. The van der Waals surface area contributed by atoms with Crippen LogP contribution in [0.4, 0.5) is 0 Å². The number of benzene rings is 2. The summed E-state index contributed by atoms with van der Waals surface area (Å²) in [5, 5.41) is 10.2. The van der Waals surface area contributed by atoms with Gasteiger partial charge in [-0.1, -0.05) is 54.6 Å². The predicted octanol–water partition coefficient (Wildman–Crippen LogP) is 3.73. The summed E-state index contributed by atoms with van der Waals surface area (Å²) in [5.41, 5.74) is 2.94. The van der Waals surface area contributed by atoms with Crippen molar-refractivity contribution in [2.24, 2.45) is 0 Å². The lowest BCUT2D eigenvalue weighted by Crippen LogP contribution is -2.33. The molecule has 0 amide bonds. The van der Waals surface area contributed by atoms with Crippen molar-refractivity contribution in [1.82, 2.24) is 0 Å². The standard InChI is InChI=1S/C16H16O/c17-16(11-4-12-16)15-9-7-14(8-10-15)13-5-2-1-3-6-13/h1-3,5-10,17H,4,11-12H2. The minimum atomic E-state index is -0.546. The maximum atomic E-state index is 10.2. The first-order valence-electron chi connectivity index (χ1n) is 6.16. The van der Waals surface area contributed by atoms with E-state index in [0.29, 0.717) is 0 Å². The molecule has 1 nitrogen and oxygen atoms in total. The van der Waals surface area contributed by atoms with Crippen LogP contribution >= 0.6 is 0 Å². The SMILES string of the molecule is OC1(c2ccc(-c3ccccc3)cc2)CCC1. The third kappa shape index (κ3) is 1.87. The highest BCUT2D eigenvalue weighted by Gasteiger charge is 2.35. The second-order valence-electron chi connectivity index (χ2n) is 4.83. The Labute approximate surface area is 102 Å². The monoisotopic (exact) mass is 224 g/mol. The number of hydrogen-bond donors (Lipinski definition) is 1. The van der Waals surface area contributed by atoms with Gasteiger partial charge in [-0.25, -0.2) is 0 Å². The molecular weight excluding hydrogens is 208 g/mol. The van der Waals surface area contributed by atoms with Crippen molar-refractivity contribution >= 4 is 0 Å². The van der Waals surface area contributed by atoms with Gasteiger partial charge in [0.15, 0.2) is 0 Å². The molecule has 86 valence electrons. The number of hydrogen-bond acceptors (Lipinski definition) is 1. The minimum Gasteiger partial charge on any atom is -0.385 e. The molecule has 1 heteroatoms. The van der Waals surface area contributed by atoms with Gasteiger partial charge in [0.2, 0.25) is 0 Å². The summed E-state index contributed by atoms with van der Waals surface area (Å²) in [4.78, 5) is 0. The van der Waals surface area contributed by atoms with Crippen LogP contribution in [-0.4, -0.2) is 5.11 Å². The fraction of sp³-hybridized carbons (Fsp3) is 0.250. The molecule has 3 rings (SSSR count). The average Bonchev–Trinajstić information content (AvgIpc) is 2.37. The van der Waals surface area contributed by atoms with E-state index >= 15 is 0 Å². The van der Waals surface area contributed by atoms with Crippen LogP contribution in [0.5, 0.6) is 0 Å². The highest BCUT2D eigenvalue weighted by Crippen LogP contribution is 2.41. The Morgan fingerprint density at radius 2 is 1.35 bits per heavy atom. The van der Waals surface area contributed by atoms with Crippen LogP contribution in [0.3, 0.4) is 0 Å². The van der Waals surface area contributed by atoms with Crippen molar-refractivity contribution in [1.29, 1.82) is 0 Å². The molecule has 2 aromatic carbocycles. The second kappa shape index (κ2) is 4.01. The lowest BCUT2D eigenvalue weighted by atomic mass is 9.75. The van der Waals surface area contributed by atoms with Crippen molar-refractivity contribution in [2.75, 3.05) is 0 Å². The zero-order valence-corrected chi connectivity index (χ0v) is 9.76. The Balaban J connectivity index is 1.90. The summed E-state index contributed by atoms with van der Waals surface area (Å²) >= 11 is 0. The molecule has 0 aliphatic heterocycles. The van der Waals surface area contributed by atoms with Crippen molar-refractivity contribution in [3.05, 3.63) is 60.2 Å². The summed E-state index contributed by atoms with van der Waals surface area (Å²) in [6.07, 6.45) is 2.94. The van der Waals surface area contributed by atoms with E-state index in [9.17, 15) is 5.11 Å². The Bertz CT molecular complexity index is 495. The third-order valence-electron chi connectivity index (χ3n) is 3.71. The highest BCUT2D eigenvalue weighted by molar-refractivity contribution is 5.63. The topological polar surface area (TPSA) is 20.2 Å². The Morgan fingerprint density at radius 3 is 1.88 bits per heavy atom. The molecule has 1 saturated carbocycles. The number of aliphatic hydroxyl groups is 1. The Hall–Kier alpha value is -1.60. The van der Waals surface area contributed by atoms with E-state index in [1.54, 1.807) is 0 Å². The first-order valence-corrected chi connectivity index (χ1v) is 6.16. The van der Waals surface area contributed by atoms with Crippen molar-refractivity contribution < 1.29 is 5.11 Å². The van der Waals surface area contributed by atoms with Gasteiger partial charge >= 0.3 is 0 Å². The van der Waals surface area contributed by atoms with Crippen LogP contribution in [0.25, 0.3) is 11.1 Å². The largest absolute Gasteiger partial charge is 0.385 e. The average molecular weight is 224 g/mol. The predicted molar refractivity (Wildman–Crippen MR) is 69.6 cm³/mol. The van der Waals surface area contributed by atoms with Crippen LogP contribution in [0, 0.1) is 0 Å². The van der Waals surface area contributed by atoms with E-state index in [1.165, 1.54) is 11.1 Å². The lowest BCUT2D eigenvalue weighted by Gasteiger charge is -2.37. The van der Waals surface area contributed by atoms with Crippen LogP contribution < -0.4 is 0 Å². The molecule has 0 unspecified atom stereocenters. The molecule has 17 heavy (non-hydrogen) atoms. The summed E-state index contributed by atoms with van der Waals surface area (Å²) in [7, 11) is 0. The first kappa shape index (κ1) is 10.5. The van der Waals surface area contributed by atoms with Crippen LogP contribution in [0.1, 0.15) is 24.8 Å². The van der Waals surface area contributed by atoms with E-state index in [1.807, 2.05) is 18.2 Å². The van der Waals surface area contributed by atoms with Gasteiger partial charge in [-0.05, 0) is 36.0 Å². The maximum absolute atomic E-state index is 10.2. The highest BCUT2D eigenvalue weighted by atomic mass is 16.3. The summed E-state index contributed by atoms with van der Waals surface area (Å²) in [6, 6.07) is 18.6. The molecule has 1 fully saturated rings. The molecule has 1 aliphatic carbocycles. The fourth-order valence-electron chi connectivity index (χ4n) is 2.40. The zero-order chi connectivity index (χ0) is 11.7.